The number of fused-ring (bicyclic) bond motifs is 1. The summed E-state index contributed by atoms with van der Waals surface area (Å²) < 4.78 is 0. The van der Waals surface area contributed by atoms with Gasteiger partial charge >= 0.3 is 0 Å². The summed E-state index contributed by atoms with van der Waals surface area (Å²) in [7, 11) is 2.12. The van der Waals surface area contributed by atoms with E-state index < -0.39 is 0 Å². The Morgan fingerprint density at radius 3 is 2.78 bits per heavy atom. The minimum absolute atomic E-state index is 0.580. The molecule has 0 spiro atoms. The van der Waals surface area contributed by atoms with Gasteiger partial charge < -0.3 is 5.32 Å². The SMILES string of the molecule is CCCCCCC1CCc2ccccc2C1NC. The molecule has 2 unspecified atom stereocenters. The van der Waals surface area contributed by atoms with E-state index in [2.05, 4.69) is 43.6 Å². The lowest BCUT2D eigenvalue weighted by Gasteiger charge is -2.33. The fraction of sp³-hybridized carbons (Fsp3) is 0.647. The monoisotopic (exact) mass is 245 g/mol. The maximum absolute atomic E-state index is 3.55. The fourth-order valence-electron chi connectivity index (χ4n) is 3.36. The van der Waals surface area contributed by atoms with Gasteiger partial charge in [0.2, 0.25) is 0 Å². The molecule has 0 radical (unpaired) electrons. The van der Waals surface area contributed by atoms with Gasteiger partial charge in [-0.25, -0.2) is 0 Å². The molecule has 1 aliphatic rings. The smallest absolute Gasteiger partial charge is 0.0349 e. The van der Waals surface area contributed by atoms with Gasteiger partial charge in [0.15, 0.2) is 0 Å². The Labute approximate surface area is 112 Å². The van der Waals surface area contributed by atoms with E-state index in [0.717, 1.165) is 5.92 Å². The van der Waals surface area contributed by atoms with E-state index in [1.54, 1.807) is 11.1 Å². The van der Waals surface area contributed by atoms with Crippen LogP contribution in [0.5, 0.6) is 0 Å². The van der Waals surface area contributed by atoms with Crippen molar-refractivity contribution in [3.63, 3.8) is 0 Å². The highest BCUT2D eigenvalue weighted by Crippen LogP contribution is 2.36. The Morgan fingerprint density at radius 2 is 2.00 bits per heavy atom. The van der Waals surface area contributed by atoms with Crippen molar-refractivity contribution in [3.05, 3.63) is 35.4 Å². The third-order valence-corrected chi connectivity index (χ3v) is 4.39. The van der Waals surface area contributed by atoms with Crippen molar-refractivity contribution in [2.24, 2.45) is 5.92 Å². The molecule has 0 heterocycles. The molecule has 0 fully saturated rings. The zero-order valence-corrected chi connectivity index (χ0v) is 11.9. The van der Waals surface area contributed by atoms with Crippen LogP contribution in [0, 0.1) is 5.92 Å². The largest absolute Gasteiger partial charge is 0.313 e. The zero-order valence-electron chi connectivity index (χ0n) is 11.9. The predicted octanol–water partition coefficient (Wildman–Crippen LogP) is 4.48. The molecule has 2 rings (SSSR count). The molecular weight excluding hydrogens is 218 g/mol. The molecule has 2 atom stereocenters. The third kappa shape index (κ3) is 3.14. The van der Waals surface area contributed by atoms with Crippen molar-refractivity contribution in [3.8, 4) is 0 Å². The Bertz CT molecular complexity index is 358. The van der Waals surface area contributed by atoms with Gasteiger partial charge in [-0.15, -0.1) is 0 Å². The molecule has 0 aliphatic heterocycles. The first kappa shape index (κ1) is 13.6. The lowest BCUT2D eigenvalue weighted by Crippen LogP contribution is -2.30. The van der Waals surface area contributed by atoms with E-state index in [1.165, 1.54) is 44.9 Å². The number of hydrogen-bond acceptors (Lipinski definition) is 1. The van der Waals surface area contributed by atoms with Crippen molar-refractivity contribution < 1.29 is 0 Å². The highest BCUT2D eigenvalue weighted by atomic mass is 14.9. The summed E-state index contributed by atoms with van der Waals surface area (Å²) in [5.41, 5.74) is 3.10. The van der Waals surface area contributed by atoms with Crippen LogP contribution in [0.2, 0.25) is 0 Å². The summed E-state index contributed by atoms with van der Waals surface area (Å²) in [5, 5.41) is 3.55. The topological polar surface area (TPSA) is 12.0 Å². The molecular formula is C17H27N. The maximum atomic E-state index is 3.55. The van der Waals surface area contributed by atoms with Gasteiger partial charge in [-0.3, -0.25) is 0 Å². The first-order valence-corrected chi connectivity index (χ1v) is 7.62. The van der Waals surface area contributed by atoms with Crippen LogP contribution >= 0.6 is 0 Å². The Balaban J connectivity index is 1.97. The van der Waals surface area contributed by atoms with Crippen molar-refractivity contribution in [1.29, 1.82) is 0 Å². The molecule has 1 aromatic carbocycles. The van der Waals surface area contributed by atoms with E-state index in [-0.39, 0.29) is 0 Å². The lowest BCUT2D eigenvalue weighted by molar-refractivity contribution is 0.307. The van der Waals surface area contributed by atoms with Gasteiger partial charge in [0.1, 0.15) is 0 Å². The summed E-state index contributed by atoms with van der Waals surface area (Å²) >= 11 is 0. The molecule has 0 saturated carbocycles. The normalized spacial score (nSPS) is 22.8. The van der Waals surface area contributed by atoms with Crippen molar-refractivity contribution in [2.75, 3.05) is 7.05 Å². The number of hydrogen-bond donors (Lipinski definition) is 1. The molecule has 100 valence electrons. The van der Waals surface area contributed by atoms with E-state index in [9.17, 15) is 0 Å². The van der Waals surface area contributed by atoms with Crippen molar-refractivity contribution >= 4 is 0 Å². The average molecular weight is 245 g/mol. The van der Waals surface area contributed by atoms with Crippen LogP contribution in [0.1, 0.15) is 62.6 Å². The second-order valence-corrected chi connectivity index (χ2v) is 5.61. The van der Waals surface area contributed by atoms with Gasteiger partial charge in [-0.2, -0.15) is 0 Å². The second kappa shape index (κ2) is 6.94. The van der Waals surface area contributed by atoms with Crippen LogP contribution in [0.25, 0.3) is 0 Å². The maximum Gasteiger partial charge on any atom is 0.0349 e. The van der Waals surface area contributed by atoms with E-state index in [4.69, 9.17) is 0 Å². The molecule has 1 heteroatoms. The first-order chi connectivity index (χ1) is 8.86. The number of aryl methyl sites for hydroxylation is 1. The number of nitrogens with one attached hydrogen (secondary N) is 1. The first-order valence-electron chi connectivity index (χ1n) is 7.62. The van der Waals surface area contributed by atoms with Gasteiger partial charge in [-0.05, 0) is 43.4 Å². The Morgan fingerprint density at radius 1 is 1.17 bits per heavy atom. The van der Waals surface area contributed by atoms with E-state index in [0.29, 0.717) is 6.04 Å². The van der Waals surface area contributed by atoms with Crippen molar-refractivity contribution in [1.82, 2.24) is 5.32 Å². The summed E-state index contributed by atoms with van der Waals surface area (Å²) in [4.78, 5) is 0. The zero-order chi connectivity index (χ0) is 12.8. The average Bonchev–Trinajstić information content (AvgIpc) is 2.43. The molecule has 1 nitrogen and oxygen atoms in total. The van der Waals surface area contributed by atoms with Crippen LogP contribution in [0.3, 0.4) is 0 Å². The van der Waals surface area contributed by atoms with Crippen LogP contribution in [0.4, 0.5) is 0 Å². The number of unbranched alkanes of at least 4 members (excludes halogenated alkanes) is 3. The minimum atomic E-state index is 0.580. The molecule has 0 amide bonds. The summed E-state index contributed by atoms with van der Waals surface area (Å²) in [5.74, 6) is 0.835. The molecule has 1 N–H and O–H groups in total. The number of benzene rings is 1. The van der Waals surface area contributed by atoms with E-state index >= 15 is 0 Å². The molecule has 18 heavy (non-hydrogen) atoms. The second-order valence-electron chi connectivity index (χ2n) is 5.61. The van der Waals surface area contributed by atoms with Gasteiger partial charge in [0.05, 0.1) is 0 Å². The van der Waals surface area contributed by atoms with Crippen LogP contribution in [-0.4, -0.2) is 7.05 Å². The van der Waals surface area contributed by atoms with Crippen LogP contribution in [0.15, 0.2) is 24.3 Å². The molecule has 0 saturated heterocycles. The summed E-state index contributed by atoms with van der Waals surface area (Å²) in [6, 6.07) is 9.55. The predicted molar refractivity (Wildman–Crippen MR) is 78.8 cm³/mol. The third-order valence-electron chi connectivity index (χ3n) is 4.39. The molecule has 1 aliphatic carbocycles. The van der Waals surface area contributed by atoms with Gasteiger partial charge in [0, 0.05) is 6.04 Å². The standard InChI is InChI=1S/C17H27N/c1-3-4-5-6-10-15-13-12-14-9-7-8-11-16(14)17(15)18-2/h7-9,11,15,17-18H,3-6,10,12-13H2,1-2H3. The van der Waals surface area contributed by atoms with Crippen LogP contribution < -0.4 is 5.32 Å². The molecule has 0 bridgehead atoms. The van der Waals surface area contributed by atoms with Gasteiger partial charge in [-0.1, -0.05) is 56.9 Å². The minimum Gasteiger partial charge on any atom is -0.313 e. The molecule has 0 aromatic heterocycles. The fourth-order valence-corrected chi connectivity index (χ4v) is 3.36. The lowest BCUT2D eigenvalue weighted by atomic mass is 9.77. The van der Waals surface area contributed by atoms with E-state index in [1.807, 2.05) is 0 Å². The summed E-state index contributed by atoms with van der Waals surface area (Å²) in [6.07, 6.45) is 9.56. The quantitative estimate of drug-likeness (QED) is 0.729. The van der Waals surface area contributed by atoms with Crippen molar-refractivity contribution in [2.45, 2.75) is 57.9 Å². The van der Waals surface area contributed by atoms with Crippen LogP contribution in [-0.2, 0) is 6.42 Å². The Kier molecular flexibility index (Phi) is 5.25. The highest BCUT2D eigenvalue weighted by Gasteiger charge is 2.27. The molecule has 1 aromatic rings. The highest BCUT2D eigenvalue weighted by molar-refractivity contribution is 5.32. The van der Waals surface area contributed by atoms with Gasteiger partial charge in [0.25, 0.3) is 0 Å². The Hall–Kier alpha value is -0.820. The number of rotatable bonds is 6. The summed E-state index contributed by atoms with van der Waals surface area (Å²) in [6.45, 7) is 2.28.